The van der Waals surface area contributed by atoms with Crippen molar-refractivity contribution < 1.29 is 0 Å². The third-order valence-corrected chi connectivity index (χ3v) is 11.8. The fraction of sp³-hybridized carbons (Fsp3) is 0.0222. The van der Waals surface area contributed by atoms with Gasteiger partial charge in [-0.3, -0.25) is 0 Å². The molecule has 8 aromatic carbocycles. The Labute approximate surface area is 272 Å². The van der Waals surface area contributed by atoms with Gasteiger partial charge in [-0.1, -0.05) is 157 Å². The molecule has 1 heterocycles. The van der Waals surface area contributed by atoms with Crippen molar-refractivity contribution in [3.05, 3.63) is 180 Å². The number of rotatable bonds is 1. The lowest BCUT2D eigenvalue weighted by Crippen LogP contribution is -2.26. The van der Waals surface area contributed by atoms with E-state index in [-0.39, 0.29) is 0 Å². The van der Waals surface area contributed by atoms with Crippen molar-refractivity contribution in [1.29, 1.82) is 0 Å². The molecule has 0 N–H and O–H groups in total. The quantitative estimate of drug-likeness (QED) is 0.181. The van der Waals surface area contributed by atoms with Gasteiger partial charge in [-0.05, 0) is 95.1 Å². The molecule has 0 saturated heterocycles. The summed E-state index contributed by atoms with van der Waals surface area (Å²) in [5.41, 5.74) is 15.8. The maximum atomic E-state index is 2.41. The number of hydrogen-bond acceptors (Lipinski definition) is 1. The lowest BCUT2D eigenvalue weighted by molar-refractivity contribution is 0.801. The van der Waals surface area contributed by atoms with Crippen molar-refractivity contribution in [2.45, 2.75) is 15.2 Å². The maximum absolute atomic E-state index is 2.41. The minimum atomic E-state index is -0.401. The maximum Gasteiger partial charge on any atom is 0.0731 e. The van der Waals surface area contributed by atoms with Gasteiger partial charge in [0.05, 0.1) is 5.41 Å². The largest absolute Gasteiger partial charge is 0.0888 e. The first-order chi connectivity index (χ1) is 22.8. The Morgan fingerprint density at radius 3 is 1.85 bits per heavy atom. The van der Waals surface area contributed by atoms with E-state index < -0.39 is 5.41 Å². The highest BCUT2D eigenvalue weighted by Gasteiger charge is 2.53. The zero-order valence-corrected chi connectivity index (χ0v) is 25.7. The molecule has 0 bridgehead atoms. The Hall–Kier alpha value is -5.37. The van der Waals surface area contributed by atoms with Gasteiger partial charge in [0.25, 0.3) is 0 Å². The molecule has 1 atom stereocenters. The Balaban J connectivity index is 1.31. The molecular weight excluding hydrogens is 573 g/mol. The van der Waals surface area contributed by atoms with E-state index in [0.717, 1.165) is 0 Å². The van der Waals surface area contributed by atoms with Crippen molar-refractivity contribution in [3.63, 3.8) is 0 Å². The van der Waals surface area contributed by atoms with Gasteiger partial charge >= 0.3 is 0 Å². The molecule has 0 radical (unpaired) electrons. The Morgan fingerprint density at radius 1 is 0.348 bits per heavy atom. The zero-order chi connectivity index (χ0) is 30.0. The van der Waals surface area contributed by atoms with Crippen molar-refractivity contribution in [1.82, 2.24) is 0 Å². The second-order valence-corrected chi connectivity index (χ2v) is 13.8. The summed E-state index contributed by atoms with van der Waals surface area (Å²) in [6.07, 6.45) is 0. The van der Waals surface area contributed by atoms with Crippen molar-refractivity contribution >= 4 is 33.3 Å². The second-order valence-electron chi connectivity index (χ2n) is 12.7. The molecule has 1 heteroatoms. The van der Waals surface area contributed by atoms with Gasteiger partial charge in [-0.25, -0.2) is 0 Å². The smallest absolute Gasteiger partial charge is 0.0731 e. The normalized spacial score (nSPS) is 16.3. The second kappa shape index (κ2) is 8.88. The van der Waals surface area contributed by atoms with Crippen LogP contribution in [0, 0.1) is 0 Å². The lowest BCUT2D eigenvalue weighted by atomic mass is 9.69. The molecule has 0 fully saturated rings. The Kier molecular flexibility index (Phi) is 4.80. The summed E-state index contributed by atoms with van der Waals surface area (Å²) in [6.45, 7) is 0. The highest BCUT2D eigenvalue weighted by Crippen LogP contribution is 2.65. The van der Waals surface area contributed by atoms with E-state index in [2.05, 4.69) is 158 Å². The molecule has 1 aliphatic heterocycles. The van der Waals surface area contributed by atoms with Crippen molar-refractivity contribution in [2.24, 2.45) is 0 Å². The van der Waals surface area contributed by atoms with Crippen LogP contribution in [-0.4, -0.2) is 0 Å². The Bertz CT molecular complexity index is 2630. The van der Waals surface area contributed by atoms with Gasteiger partial charge in [0.1, 0.15) is 0 Å². The van der Waals surface area contributed by atoms with Crippen LogP contribution < -0.4 is 0 Å². The van der Waals surface area contributed by atoms with Crippen molar-refractivity contribution in [2.75, 3.05) is 0 Å². The summed E-state index contributed by atoms with van der Waals surface area (Å²) in [5, 5.41) is 5.29. The highest BCUT2D eigenvalue weighted by atomic mass is 32.2. The number of benzene rings is 8. The topological polar surface area (TPSA) is 0 Å². The van der Waals surface area contributed by atoms with E-state index in [1.54, 1.807) is 0 Å². The van der Waals surface area contributed by atoms with Crippen LogP contribution in [0.3, 0.4) is 0 Å². The standard InChI is InChI=1S/C45H26S/c1-2-13-29-27(11-1)23-26-33-30-14-3-6-18-36(30)45(44(29)33)37-19-7-4-15-34(37)42-31(17-10-20-38(42)45)32-25-24-28-12-9-22-40-41(28)43(32)35-16-5-8-21-39(35)46-40/h1-26H. The third-order valence-electron chi connectivity index (χ3n) is 10.7. The van der Waals surface area contributed by atoms with Gasteiger partial charge in [-0.15, -0.1) is 0 Å². The van der Waals surface area contributed by atoms with E-state index in [0.29, 0.717) is 0 Å². The molecule has 46 heavy (non-hydrogen) atoms. The summed E-state index contributed by atoms with van der Waals surface area (Å²) in [7, 11) is 0. The van der Waals surface area contributed by atoms with E-state index >= 15 is 0 Å². The molecule has 11 rings (SSSR count). The predicted octanol–water partition coefficient (Wildman–Crippen LogP) is 12.1. The van der Waals surface area contributed by atoms with Crippen LogP contribution in [-0.2, 0) is 5.41 Å². The highest BCUT2D eigenvalue weighted by molar-refractivity contribution is 7.99. The summed E-state index contributed by atoms with van der Waals surface area (Å²) in [5.74, 6) is 0. The minimum absolute atomic E-state index is 0.401. The Morgan fingerprint density at radius 2 is 0.935 bits per heavy atom. The molecule has 2 aliphatic carbocycles. The predicted molar refractivity (Wildman–Crippen MR) is 193 cm³/mol. The third kappa shape index (κ3) is 2.93. The van der Waals surface area contributed by atoms with Crippen LogP contribution >= 0.6 is 11.8 Å². The summed E-state index contributed by atoms with van der Waals surface area (Å²) >= 11 is 1.89. The van der Waals surface area contributed by atoms with Crippen LogP contribution in [0.2, 0.25) is 0 Å². The van der Waals surface area contributed by atoms with Crippen molar-refractivity contribution in [3.8, 4) is 44.5 Å². The molecule has 0 saturated carbocycles. The van der Waals surface area contributed by atoms with E-state index in [4.69, 9.17) is 0 Å². The van der Waals surface area contributed by atoms with Crippen LogP contribution in [0.1, 0.15) is 22.3 Å². The van der Waals surface area contributed by atoms with Gasteiger partial charge in [0.15, 0.2) is 0 Å². The average molecular weight is 599 g/mol. The molecule has 1 spiro atoms. The summed E-state index contributed by atoms with van der Waals surface area (Å²) < 4.78 is 0. The molecule has 8 aromatic rings. The molecule has 1 unspecified atom stereocenters. The van der Waals surface area contributed by atoms with Gasteiger partial charge in [0.2, 0.25) is 0 Å². The van der Waals surface area contributed by atoms with E-state index in [9.17, 15) is 0 Å². The summed E-state index contributed by atoms with van der Waals surface area (Å²) in [4.78, 5) is 2.66. The molecule has 212 valence electrons. The van der Waals surface area contributed by atoms with Gasteiger partial charge in [-0.2, -0.15) is 0 Å². The van der Waals surface area contributed by atoms with Gasteiger partial charge < -0.3 is 0 Å². The van der Waals surface area contributed by atoms with E-state index in [1.165, 1.54) is 98.1 Å². The fourth-order valence-corrected chi connectivity index (χ4v) is 10.1. The molecule has 0 nitrogen and oxygen atoms in total. The van der Waals surface area contributed by atoms with Crippen LogP contribution in [0.4, 0.5) is 0 Å². The van der Waals surface area contributed by atoms with Crippen LogP contribution in [0.5, 0.6) is 0 Å². The first-order valence-electron chi connectivity index (χ1n) is 16.0. The first kappa shape index (κ1) is 24.9. The SMILES string of the molecule is c1ccc2c(c1)Sc1cccc3ccc(-c4cccc5c4-c4ccccc4C54c5ccccc5-c5ccc6ccccc6c54)c-2c13. The summed E-state index contributed by atoms with van der Waals surface area (Å²) in [6, 6.07) is 59.4. The molecule has 0 aromatic heterocycles. The van der Waals surface area contributed by atoms with Crippen LogP contribution in [0.25, 0.3) is 66.1 Å². The molecule has 3 aliphatic rings. The van der Waals surface area contributed by atoms with Gasteiger partial charge in [0, 0.05) is 15.2 Å². The molecule has 0 amide bonds. The zero-order valence-electron chi connectivity index (χ0n) is 24.9. The van der Waals surface area contributed by atoms with Crippen LogP contribution in [0.15, 0.2) is 168 Å². The fourth-order valence-electron chi connectivity index (χ4n) is 9.01. The first-order valence-corrected chi connectivity index (χ1v) is 16.8. The van der Waals surface area contributed by atoms with E-state index in [1.807, 2.05) is 11.8 Å². The minimum Gasteiger partial charge on any atom is -0.0888 e. The average Bonchev–Trinajstić information content (AvgIpc) is 3.59. The molecular formula is C45H26S. The lowest BCUT2D eigenvalue weighted by Gasteiger charge is -2.31. The number of fused-ring (bicyclic) bond motifs is 14. The monoisotopic (exact) mass is 598 g/mol. The number of hydrogen-bond donors (Lipinski definition) is 0.